The maximum Gasteiger partial charge on any atom is 0.124 e. The first-order valence-corrected chi connectivity index (χ1v) is 5.38. The molecule has 1 aliphatic rings. The summed E-state index contributed by atoms with van der Waals surface area (Å²) in [6.45, 7) is 0. The second-order valence-corrected chi connectivity index (χ2v) is 4.57. The normalized spacial score (nSPS) is 17.9. The SMILES string of the molecule is N#CC1(Cc2ccc(F)cc2Cl)CCC1. The molecule has 0 N–H and O–H groups in total. The smallest absolute Gasteiger partial charge is 0.124 e. The minimum atomic E-state index is -0.330. The molecule has 1 nitrogen and oxygen atoms in total. The first-order chi connectivity index (χ1) is 7.15. The van der Waals surface area contributed by atoms with E-state index in [4.69, 9.17) is 16.9 Å². The number of benzene rings is 1. The highest BCUT2D eigenvalue weighted by molar-refractivity contribution is 6.31. The predicted molar refractivity (Wildman–Crippen MR) is 57.0 cm³/mol. The maximum absolute atomic E-state index is 12.8. The molecule has 1 aliphatic carbocycles. The Labute approximate surface area is 93.5 Å². The topological polar surface area (TPSA) is 23.8 Å². The first kappa shape index (κ1) is 10.4. The minimum absolute atomic E-state index is 0.249. The van der Waals surface area contributed by atoms with Crippen molar-refractivity contribution in [2.75, 3.05) is 0 Å². The van der Waals surface area contributed by atoms with E-state index in [1.165, 1.54) is 12.1 Å². The van der Waals surface area contributed by atoms with Crippen LogP contribution in [0.1, 0.15) is 24.8 Å². The molecule has 0 amide bonds. The van der Waals surface area contributed by atoms with Gasteiger partial charge in [-0.2, -0.15) is 5.26 Å². The summed E-state index contributed by atoms with van der Waals surface area (Å²) in [5.41, 5.74) is 0.626. The van der Waals surface area contributed by atoms with Crippen LogP contribution in [0.4, 0.5) is 4.39 Å². The van der Waals surface area contributed by atoms with E-state index in [2.05, 4.69) is 6.07 Å². The van der Waals surface area contributed by atoms with Crippen LogP contribution in [0.5, 0.6) is 0 Å². The lowest BCUT2D eigenvalue weighted by Gasteiger charge is -2.35. The van der Waals surface area contributed by atoms with E-state index < -0.39 is 0 Å². The zero-order valence-electron chi connectivity index (χ0n) is 8.26. The Hall–Kier alpha value is -1.07. The lowest BCUT2D eigenvalue weighted by Crippen LogP contribution is -2.29. The molecule has 78 valence electrons. The van der Waals surface area contributed by atoms with Crippen LogP contribution in [-0.4, -0.2) is 0 Å². The van der Waals surface area contributed by atoms with Gasteiger partial charge in [0.2, 0.25) is 0 Å². The van der Waals surface area contributed by atoms with Crippen LogP contribution in [-0.2, 0) is 6.42 Å². The molecule has 15 heavy (non-hydrogen) atoms. The van der Waals surface area contributed by atoms with Gasteiger partial charge in [0.1, 0.15) is 5.82 Å². The number of halogens is 2. The molecular weight excluding hydrogens is 213 g/mol. The minimum Gasteiger partial charge on any atom is -0.207 e. The van der Waals surface area contributed by atoms with Crippen molar-refractivity contribution in [2.24, 2.45) is 5.41 Å². The van der Waals surface area contributed by atoms with Crippen LogP contribution in [0.15, 0.2) is 18.2 Å². The second-order valence-electron chi connectivity index (χ2n) is 4.16. The lowest BCUT2D eigenvalue weighted by molar-refractivity contribution is 0.214. The molecule has 0 aliphatic heterocycles. The molecule has 1 aromatic carbocycles. The van der Waals surface area contributed by atoms with Crippen molar-refractivity contribution in [3.05, 3.63) is 34.6 Å². The highest BCUT2D eigenvalue weighted by atomic mass is 35.5. The summed E-state index contributed by atoms with van der Waals surface area (Å²) in [7, 11) is 0. The molecule has 0 radical (unpaired) electrons. The van der Waals surface area contributed by atoms with Crippen molar-refractivity contribution in [1.29, 1.82) is 5.26 Å². The van der Waals surface area contributed by atoms with Crippen molar-refractivity contribution in [1.82, 2.24) is 0 Å². The van der Waals surface area contributed by atoms with Crippen molar-refractivity contribution >= 4 is 11.6 Å². The number of hydrogen-bond donors (Lipinski definition) is 0. The monoisotopic (exact) mass is 223 g/mol. The summed E-state index contributed by atoms with van der Waals surface area (Å²) in [6, 6.07) is 6.73. The Morgan fingerprint density at radius 1 is 1.47 bits per heavy atom. The van der Waals surface area contributed by atoms with Crippen LogP contribution < -0.4 is 0 Å². The van der Waals surface area contributed by atoms with Crippen LogP contribution in [0.25, 0.3) is 0 Å². The van der Waals surface area contributed by atoms with Gasteiger partial charge < -0.3 is 0 Å². The molecule has 0 heterocycles. The molecule has 1 aromatic rings. The summed E-state index contributed by atoms with van der Waals surface area (Å²) in [4.78, 5) is 0. The van der Waals surface area contributed by atoms with E-state index in [9.17, 15) is 4.39 Å². The Bertz CT molecular complexity index is 418. The third-order valence-corrected chi connectivity index (χ3v) is 3.44. The number of hydrogen-bond acceptors (Lipinski definition) is 1. The van der Waals surface area contributed by atoms with Crippen molar-refractivity contribution in [3.63, 3.8) is 0 Å². The Kier molecular flexibility index (Phi) is 2.67. The average Bonchev–Trinajstić information content (AvgIpc) is 2.14. The summed E-state index contributed by atoms with van der Waals surface area (Å²) >= 11 is 5.92. The molecule has 0 saturated heterocycles. The van der Waals surface area contributed by atoms with Gasteiger partial charge in [-0.05, 0) is 37.0 Å². The zero-order valence-corrected chi connectivity index (χ0v) is 9.02. The highest BCUT2D eigenvalue weighted by Gasteiger charge is 2.37. The first-order valence-electron chi connectivity index (χ1n) is 5.00. The molecule has 1 saturated carbocycles. The molecule has 3 heteroatoms. The number of nitrogens with zero attached hydrogens (tertiary/aromatic N) is 1. The maximum atomic E-state index is 12.8. The molecule has 0 spiro atoms. The van der Waals surface area contributed by atoms with Gasteiger partial charge in [0.25, 0.3) is 0 Å². The second kappa shape index (κ2) is 3.83. The van der Waals surface area contributed by atoms with Gasteiger partial charge in [0.05, 0.1) is 11.5 Å². The van der Waals surface area contributed by atoms with Crippen molar-refractivity contribution in [3.8, 4) is 6.07 Å². The van der Waals surface area contributed by atoms with E-state index in [0.29, 0.717) is 11.4 Å². The third-order valence-electron chi connectivity index (χ3n) is 3.09. The molecule has 0 unspecified atom stereocenters. The quantitative estimate of drug-likeness (QED) is 0.750. The predicted octanol–water partition coefficient (Wildman–Crippen LogP) is 3.72. The van der Waals surface area contributed by atoms with Gasteiger partial charge in [-0.1, -0.05) is 24.1 Å². The Balaban J connectivity index is 2.21. The number of nitriles is 1. The third kappa shape index (κ3) is 1.98. The van der Waals surface area contributed by atoms with Crippen molar-refractivity contribution in [2.45, 2.75) is 25.7 Å². The largest absolute Gasteiger partial charge is 0.207 e. The molecule has 0 aromatic heterocycles. The fourth-order valence-corrected chi connectivity index (χ4v) is 2.20. The molecular formula is C12H11ClFN. The van der Waals surface area contributed by atoms with Gasteiger partial charge in [-0.25, -0.2) is 4.39 Å². The highest BCUT2D eigenvalue weighted by Crippen LogP contribution is 2.43. The summed E-state index contributed by atoms with van der Waals surface area (Å²) < 4.78 is 12.8. The van der Waals surface area contributed by atoms with Crippen molar-refractivity contribution < 1.29 is 4.39 Å². The molecule has 0 atom stereocenters. The van der Waals surface area contributed by atoms with Crippen LogP contribution in [0, 0.1) is 22.6 Å². The fraction of sp³-hybridized carbons (Fsp3) is 0.417. The zero-order chi connectivity index (χ0) is 10.9. The lowest BCUT2D eigenvalue weighted by atomic mass is 9.66. The fourth-order valence-electron chi connectivity index (χ4n) is 1.96. The van der Waals surface area contributed by atoms with Gasteiger partial charge in [0, 0.05) is 5.02 Å². The van der Waals surface area contributed by atoms with Crippen LogP contribution >= 0.6 is 11.6 Å². The Morgan fingerprint density at radius 3 is 2.67 bits per heavy atom. The standard InChI is InChI=1S/C12H11ClFN/c13-11-6-10(14)3-2-9(11)7-12(8-15)4-1-5-12/h2-3,6H,1,4-5,7H2. The van der Waals surface area contributed by atoms with E-state index in [0.717, 1.165) is 24.8 Å². The molecule has 2 rings (SSSR count). The van der Waals surface area contributed by atoms with E-state index in [-0.39, 0.29) is 11.2 Å². The van der Waals surface area contributed by atoms with Gasteiger partial charge in [-0.3, -0.25) is 0 Å². The van der Waals surface area contributed by atoms with Gasteiger partial charge >= 0.3 is 0 Å². The van der Waals surface area contributed by atoms with Crippen LogP contribution in [0.2, 0.25) is 5.02 Å². The molecule has 0 bridgehead atoms. The molecule has 1 fully saturated rings. The van der Waals surface area contributed by atoms with Gasteiger partial charge in [0.15, 0.2) is 0 Å². The van der Waals surface area contributed by atoms with E-state index >= 15 is 0 Å². The van der Waals surface area contributed by atoms with E-state index in [1.54, 1.807) is 6.07 Å². The van der Waals surface area contributed by atoms with E-state index in [1.807, 2.05) is 0 Å². The van der Waals surface area contributed by atoms with Gasteiger partial charge in [-0.15, -0.1) is 0 Å². The Morgan fingerprint density at radius 2 is 2.20 bits per heavy atom. The number of rotatable bonds is 2. The summed E-state index contributed by atoms with van der Waals surface area (Å²) in [6.07, 6.45) is 3.60. The average molecular weight is 224 g/mol. The van der Waals surface area contributed by atoms with Crippen LogP contribution in [0.3, 0.4) is 0 Å². The summed E-state index contributed by atoms with van der Waals surface area (Å²) in [5.74, 6) is -0.330. The summed E-state index contributed by atoms with van der Waals surface area (Å²) in [5, 5.41) is 9.50.